The first-order valence-corrected chi connectivity index (χ1v) is 8.60. The van der Waals surface area contributed by atoms with Crippen molar-refractivity contribution in [1.82, 2.24) is 15.1 Å². The fourth-order valence-electron chi connectivity index (χ4n) is 3.60. The van der Waals surface area contributed by atoms with Gasteiger partial charge in [0.05, 0.1) is 12.2 Å². The van der Waals surface area contributed by atoms with Crippen LogP contribution in [0.15, 0.2) is 0 Å². The quantitative estimate of drug-likeness (QED) is 0.845. The molecule has 4 heteroatoms. The van der Waals surface area contributed by atoms with E-state index in [2.05, 4.69) is 49.9 Å². The van der Waals surface area contributed by atoms with Crippen LogP contribution in [-0.2, 0) is 4.79 Å². The van der Waals surface area contributed by atoms with Gasteiger partial charge < -0.3 is 9.80 Å². The Hall–Kier alpha value is -0.610. The minimum Gasteiger partial charge on any atom is -0.325 e. The van der Waals surface area contributed by atoms with Crippen LogP contribution in [0.1, 0.15) is 53.4 Å². The van der Waals surface area contributed by atoms with Gasteiger partial charge in [-0.1, -0.05) is 27.7 Å². The number of nitrogens with one attached hydrogen (secondary N) is 1. The summed E-state index contributed by atoms with van der Waals surface area (Å²) in [7, 11) is 2.19. The molecule has 0 aromatic rings. The van der Waals surface area contributed by atoms with Crippen LogP contribution < -0.4 is 5.32 Å². The number of carbonyl (C=O) groups is 1. The molecule has 2 saturated heterocycles. The zero-order valence-corrected chi connectivity index (χ0v) is 14.5. The summed E-state index contributed by atoms with van der Waals surface area (Å²) in [6.45, 7) is 12.2. The largest absolute Gasteiger partial charge is 0.325 e. The van der Waals surface area contributed by atoms with E-state index in [1.807, 2.05) is 0 Å². The molecular formula is C17H33N3O. The number of nitrogens with zero attached hydrogens (tertiary/aromatic N) is 2. The number of piperidine rings is 1. The van der Waals surface area contributed by atoms with Crippen LogP contribution in [0, 0.1) is 11.3 Å². The zero-order valence-electron chi connectivity index (χ0n) is 14.5. The van der Waals surface area contributed by atoms with Gasteiger partial charge >= 0.3 is 0 Å². The molecule has 2 unspecified atom stereocenters. The molecule has 122 valence electrons. The van der Waals surface area contributed by atoms with Crippen LogP contribution in [0.3, 0.4) is 0 Å². The van der Waals surface area contributed by atoms with Crippen LogP contribution in [0.5, 0.6) is 0 Å². The van der Waals surface area contributed by atoms with Crippen molar-refractivity contribution in [2.75, 3.05) is 26.7 Å². The van der Waals surface area contributed by atoms with Gasteiger partial charge in [-0.3, -0.25) is 10.1 Å². The average Bonchev–Trinajstić information content (AvgIpc) is 2.70. The highest BCUT2D eigenvalue weighted by molar-refractivity contribution is 5.84. The number of likely N-dealkylation sites (tertiary alicyclic amines) is 1. The fraction of sp³-hybridized carbons (Fsp3) is 0.941. The van der Waals surface area contributed by atoms with E-state index in [9.17, 15) is 4.79 Å². The molecule has 0 saturated carbocycles. The number of hydrogen-bond donors (Lipinski definition) is 1. The number of carbonyl (C=O) groups excluding carboxylic acids is 1. The van der Waals surface area contributed by atoms with E-state index in [1.54, 1.807) is 0 Å². The molecule has 0 spiro atoms. The molecule has 0 bridgehead atoms. The van der Waals surface area contributed by atoms with Gasteiger partial charge in [0.25, 0.3) is 0 Å². The molecule has 2 rings (SSSR count). The molecule has 4 nitrogen and oxygen atoms in total. The van der Waals surface area contributed by atoms with Crippen LogP contribution in [0.4, 0.5) is 0 Å². The molecule has 1 amide bonds. The third kappa shape index (κ3) is 3.98. The van der Waals surface area contributed by atoms with Crippen molar-refractivity contribution in [2.24, 2.45) is 11.3 Å². The second-order valence-corrected chi connectivity index (χ2v) is 7.85. The summed E-state index contributed by atoms with van der Waals surface area (Å²) in [6, 6.07) is 0.0311. The Kier molecular flexibility index (Phi) is 5.31. The zero-order chi connectivity index (χ0) is 15.6. The number of hydrogen-bond acceptors (Lipinski definition) is 3. The Balaban J connectivity index is 2.05. The van der Waals surface area contributed by atoms with Gasteiger partial charge in [0.1, 0.15) is 0 Å². The van der Waals surface area contributed by atoms with Gasteiger partial charge in [-0.25, -0.2) is 0 Å². The summed E-state index contributed by atoms with van der Waals surface area (Å²) >= 11 is 0. The summed E-state index contributed by atoms with van der Waals surface area (Å²) in [6.07, 6.45) is 4.57. The Morgan fingerprint density at radius 3 is 2.48 bits per heavy atom. The molecule has 21 heavy (non-hydrogen) atoms. The van der Waals surface area contributed by atoms with E-state index >= 15 is 0 Å². The Morgan fingerprint density at radius 2 is 1.95 bits per heavy atom. The SMILES string of the molecule is CCC1NC(CC(C)C)N(CC2(C)CCN(C)CC2)C1=O. The smallest absolute Gasteiger partial charge is 0.241 e. The van der Waals surface area contributed by atoms with Crippen LogP contribution in [0.25, 0.3) is 0 Å². The predicted octanol–water partition coefficient (Wildman–Crippen LogP) is 2.30. The maximum atomic E-state index is 12.7. The van der Waals surface area contributed by atoms with Gasteiger partial charge in [0.15, 0.2) is 0 Å². The molecule has 2 aliphatic heterocycles. The monoisotopic (exact) mass is 295 g/mol. The highest BCUT2D eigenvalue weighted by atomic mass is 16.2. The molecule has 1 N–H and O–H groups in total. The summed E-state index contributed by atoms with van der Waals surface area (Å²) in [5.41, 5.74) is 0.279. The summed E-state index contributed by atoms with van der Waals surface area (Å²) < 4.78 is 0. The maximum Gasteiger partial charge on any atom is 0.241 e. The first-order valence-electron chi connectivity index (χ1n) is 8.60. The normalized spacial score (nSPS) is 30.4. The highest BCUT2D eigenvalue weighted by Crippen LogP contribution is 2.33. The van der Waals surface area contributed by atoms with E-state index in [1.165, 1.54) is 12.8 Å². The fourth-order valence-corrected chi connectivity index (χ4v) is 3.60. The van der Waals surface area contributed by atoms with E-state index in [0.29, 0.717) is 11.8 Å². The van der Waals surface area contributed by atoms with Crippen molar-refractivity contribution < 1.29 is 4.79 Å². The molecule has 0 aromatic heterocycles. The van der Waals surface area contributed by atoms with Crippen molar-refractivity contribution in [3.63, 3.8) is 0 Å². The van der Waals surface area contributed by atoms with Crippen molar-refractivity contribution in [3.05, 3.63) is 0 Å². The van der Waals surface area contributed by atoms with E-state index in [-0.39, 0.29) is 17.6 Å². The van der Waals surface area contributed by atoms with Crippen molar-refractivity contribution in [2.45, 2.75) is 65.6 Å². The molecule has 2 atom stereocenters. The molecule has 0 radical (unpaired) electrons. The Labute approximate surface area is 130 Å². The van der Waals surface area contributed by atoms with Gasteiger partial charge in [0, 0.05) is 6.54 Å². The van der Waals surface area contributed by atoms with Crippen LogP contribution >= 0.6 is 0 Å². The first kappa shape index (κ1) is 16.8. The molecule has 0 aromatic carbocycles. The lowest BCUT2D eigenvalue weighted by molar-refractivity contribution is -0.132. The van der Waals surface area contributed by atoms with Crippen molar-refractivity contribution in [3.8, 4) is 0 Å². The first-order chi connectivity index (χ1) is 9.84. The lowest BCUT2D eigenvalue weighted by Crippen LogP contribution is -2.48. The topological polar surface area (TPSA) is 35.6 Å². The molecule has 2 aliphatic rings. The molecule has 2 fully saturated rings. The Morgan fingerprint density at radius 1 is 1.33 bits per heavy atom. The van der Waals surface area contributed by atoms with Crippen LogP contribution in [-0.4, -0.2) is 54.6 Å². The lowest BCUT2D eigenvalue weighted by atomic mass is 9.80. The van der Waals surface area contributed by atoms with E-state index in [0.717, 1.165) is 32.5 Å². The number of amides is 1. The molecular weight excluding hydrogens is 262 g/mol. The van der Waals surface area contributed by atoms with Crippen molar-refractivity contribution in [1.29, 1.82) is 0 Å². The minimum atomic E-state index is 0.0311. The van der Waals surface area contributed by atoms with Gasteiger partial charge in [0.2, 0.25) is 5.91 Å². The van der Waals surface area contributed by atoms with Gasteiger partial charge in [-0.15, -0.1) is 0 Å². The van der Waals surface area contributed by atoms with Gasteiger partial charge in [-0.2, -0.15) is 0 Å². The average molecular weight is 295 g/mol. The summed E-state index contributed by atoms with van der Waals surface area (Å²) in [5.74, 6) is 0.932. The molecule has 0 aliphatic carbocycles. The van der Waals surface area contributed by atoms with E-state index in [4.69, 9.17) is 0 Å². The number of rotatable bonds is 5. The predicted molar refractivity (Wildman–Crippen MR) is 87.0 cm³/mol. The lowest BCUT2D eigenvalue weighted by Gasteiger charge is -2.41. The maximum absolute atomic E-state index is 12.7. The summed E-state index contributed by atoms with van der Waals surface area (Å²) in [5, 5.41) is 3.55. The highest BCUT2D eigenvalue weighted by Gasteiger charge is 2.42. The third-order valence-electron chi connectivity index (χ3n) is 5.20. The second-order valence-electron chi connectivity index (χ2n) is 7.85. The Bertz CT molecular complexity index is 361. The second kappa shape index (κ2) is 6.66. The van der Waals surface area contributed by atoms with Crippen molar-refractivity contribution >= 4 is 5.91 Å². The standard InChI is InChI=1S/C17H33N3O/c1-6-14-16(21)20(15(18-14)11-13(2)3)12-17(4)7-9-19(5)10-8-17/h13-15,18H,6-12H2,1-5H3. The van der Waals surface area contributed by atoms with Crippen LogP contribution in [0.2, 0.25) is 0 Å². The minimum absolute atomic E-state index is 0.0311. The third-order valence-corrected chi connectivity index (χ3v) is 5.20. The van der Waals surface area contributed by atoms with Gasteiger partial charge in [-0.05, 0) is 57.2 Å². The molecule has 2 heterocycles. The summed E-state index contributed by atoms with van der Waals surface area (Å²) in [4.78, 5) is 17.2. The van der Waals surface area contributed by atoms with E-state index < -0.39 is 0 Å².